The highest BCUT2D eigenvalue weighted by molar-refractivity contribution is 6.18. The van der Waals surface area contributed by atoms with Crippen LogP contribution in [0.15, 0.2) is 18.2 Å². The predicted molar refractivity (Wildman–Crippen MR) is 98.9 cm³/mol. The molecule has 0 aliphatic carbocycles. The Balaban J connectivity index is 2.18. The molecule has 0 bridgehead atoms. The molecule has 24 heavy (non-hydrogen) atoms. The Bertz CT molecular complexity index is 678. The lowest BCUT2D eigenvalue weighted by Crippen LogP contribution is -2.26. The third-order valence-electron chi connectivity index (χ3n) is 4.18. The first kappa shape index (κ1) is 18.6. The van der Waals surface area contributed by atoms with Crippen LogP contribution < -0.4 is 4.90 Å². The summed E-state index contributed by atoms with van der Waals surface area (Å²) >= 11 is 5.93. The number of benzene rings is 1. The molecule has 0 aliphatic heterocycles. The molecule has 0 amide bonds. The van der Waals surface area contributed by atoms with E-state index in [1.807, 2.05) is 7.05 Å². The van der Waals surface area contributed by atoms with Gasteiger partial charge < -0.3 is 14.2 Å². The lowest BCUT2D eigenvalue weighted by molar-refractivity contribution is -0.140. The Labute approximate surface area is 148 Å². The lowest BCUT2D eigenvalue weighted by Gasteiger charge is -2.23. The van der Waals surface area contributed by atoms with Crippen molar-refractivity contribution in [1.29, 1.82) is 0 Å². The molecule has 0 radical (unpaired) electrons. The van der Waals surface area contributed by atoms with E-state index in [1.54, 1.807) is 0 Å². The van der Waals surface area contributed by atoms with Crippen molar-refractivity contribution in [2.75, 3.05) is 31.0 Å². The zero-order valence-electron chi connectivity index (χ0n) is 14.7. The van der Waals surface area contributed by atoms with E-state index in [9.17, 15) is 4.79 Å². The quantitative estimate of drug-likeness (QED) is 0.512. The van der Waals surface area contributed by atoms with Gasteiger partial charge in [-0.15, -0.1) is 11.6 Å². The zero-order valence-corrected chi connectivity index (χ0v) is 15.5. The Morgan fingerprint density at radius 2 is 2.17 bits per heavy atom. The number of carbonyl (C=O) groups excluding carboxylic acids is 1. The molecular formula is C18H26ClN3O2. The molecule has 0 atom stereocenters. The summed E-state index contributed by atoms with van der Waals surface area (Å²) in [6.45, 7) is 3.98. The second-order valence-corrected chi connectivity index (χ2v) is 6.24. The number of esters is 1. The monoisotopic (exact) mass is 351 g/mol. The minimum absolute atomic E-state index is 0.174. The Hall–Kier alpha value is -1.75. The van der Waals surface area contributed by atoms with Gasteiger partial charge in [-0.1, -0.05) is 6.92 Å². The molecule has 0 N–H and O–H groups in total. The van der Waals surface area contributed by atoms with Crippen LogP contribution in [-0.2, 0) is 23.0 Å². The maximum absolute atomic E-state index is 11.2. The number of halogens is 1. The molecule has 0 fully saturated rings. The molecule has 0 saturated carbocycles. The van der Waals surface area contributed by atoms with Crippen molar-refractivity contribution >= 4 is 34.3 Å². The van der Waals surface area contributed by atoms with Gasteiger partial charge in [0.05, 0.1) is 18.1 Å². The van der Waals surface area contributed by atoms with Crippen molar-refractivity contribution in [1.82, 2.24) is 9.55 Å². The van der Waals surface area contributed by atoms with Gasteiger partial charge in [-0.05, 0) is 31.0 Å². The Morgan fingerprint density at radius 3 is 2.83 bits per heavy atom. The van der Waals surface area contributed by atoms with Crippen molar-refractivity contribution in [3.05, 3.63) is 24.0 Å². The second kappa shape index (κ2) is 8.92. The highest BCUT2D eigenvalue weighted by Gasteiger charge is 2.12. The van der Waals surface area contributed by atoms with Crippen LogP contribution in [0.4, 0.5) is 5.69 Å². The van der Waals surface area contributed by atoms with Gasteiger partial charge in [-0.3, -0.25) is 4.79 Å². The van der Waals surface area contributed by atoms with Crippen LogP contribution in [0, 0.1) is 0 Å². The number of imidazole rings is 1. The van der Waals surface area contributed by atoms with E-state index in [0.29, 0.717) is 12.3 Å². The van der Waals surface area contributed by atoms with Crippen LogP contribution in [-0.4, -0.2) is 41.6 Å². The summed E-state index contributed by atoms with van der Waals surface area (Å²) < 4.78 is 6.78. The van der Waals surface area contributed by atoms with Crippen LogP contribution in [0.2, 0.25) is 0 Å². The summed E-state index contributed by atoms with van der Waals surface area (Å²) in [5.41, 5.74) is 3.25. The molecule has 2 rings (SSSR count). The van der Waals surface area contributed by atoms with Gasteiger partial charge in [0, 0.05) is 44.5 Å². The fourth-order valence-corrected chi connectivity index (χ4v) is 3.10. The molecule has 1 aromatic heterocycles. The summed E-state index contributed by atoms with van der Waals surface area (Å²) in [5.74, 6) is 1.43. The molecule has 2 aromatic rings. The van der Waals surface area contributed by atoms with Crippen molar-refractivity contribution in [2.24, 2.45) is 7.05 Å². The average Bonchev–Trinajstić information content (AvgIpc) is 2.90. The fourth-order valence-electron chi connectivity index (χ4n) is 2.89. The van der Waals surface area contributed by atoms with Gasteiger partial charge >= 0.3 is 5.97 Å². The van der Waals surface area contributed by atoms with Gasteiger partial charge in [0.25, 0.3) is 0 Å². The van der Waals surface area contributed by atoms with E-state index < -0.39 is 0 Å². The number of fused-ring (bicyclic) bond motifs is 1. The molecule has 5 nitrogen and oxygen atoms in total. The maximum Gasteiger partial charge on any atom is 0.305 e. The van der Waals surface area contributed by atoms with Crippen molar-refractivity contribution in [3.8, 4) is 0 Å². The maximum atomic E-state index is 11.2. The summed E-state index contributed by atoms with van der Waals surface area (Å²) in [6.07, 6.45) is 3.00. The van der Waals surface area contributed by atoms with Crippen LogP contribution in [0.1, 0.15) is 32.0 Å². The van der Waals surface area contributed by atoms with Gasteiger partial charge in [0.2, 0.25) is 0 Å². The van der Waals surface area contributed by atoms with E-state index in [2.05, 4.69) is 39.3 Å². The molecule has 132 valence electrons. The number of anilines is 1. The number of hydrogen-bond acceptors (Lipinski definition) is 4. The third-order valence-corrected chi connectivity index (χ3v) is 4.35. The predicted octanol–water partition coefficient (Wildman–Crippen LogP) is 3.52. The number of nitrogens with zero attached hydrogens (tertiary/aromatic N) is 3. The Kier molecular flexibility index (Phi) is 6.91. The normalized spacial score (nSPS) is 11.0. The van der Waals surface area contributed by atoms with Crippen LogP contribution in [0.5, 0.6) is 0 Å². The topological polar surface area (TPSA) is 47.4 Å². The number of carbonyl (C=O) groups is 1. The molecule has 6 heteroatoms. The van der Waals surface area contributed by atoms with Gasteiger partial charge in [-0.2, -0.15) is 0 Å². The molecule has 0 saturated heterocycles. The van der Waals surface area contributed by atoms with Gasteiger partial charge in [-0.25, -0.2) is 4.98 Å². The first-order chi connectivity index (χ1) is 11.6. The van der Waals surface area contributed by atoms with Crippen molar-refractivity contribution in [3.63, 3.8) is 0 Å². The molecule has 0 spiro atoms. The smallest absolute Gasteiger partial charge is 0.305 e. The van der Waals surface area contributed by atoms with E-state index in [4.69, 9.17) is 16.6 Å². The van der Waals surface area contributed by atoms with E-state index >= 15 is 0 Å². The van der Waals surface area contributed by atoms with Crippen molar-refractivity contribution < 1.29 is 9.53 Å². The summed E-state index contributed by atoms with van der Waals surface area (Å²) in [4.78, 5) is 18.3. The standard InChI is InChI=1S/C18H26ClN3O2/c1-4-11-22(12-10-19)14-8-9-16-15(13-14)20-17(21(16)2)6-5-7-18(23)24-3/h8-9,13H,4-7,10-12H2,1-3H3. The zero-order chi connectivity index (χ0) is 17.5. The molecule has 1 aromatic carbocycles. The number of aromatic nitrogens is 2. The van der Waals surface area contributed by atoms with Crippen LogP contribution in [0.3, 0.4) is 0 Å². The lowest BCUT2D eigenvalue weighted by atomic mass is 10.2. The first-order valence-corrected chi connectivity index (χ1v) is 8.97. The third kappa shape index (κ3) is 4.41. The fraction of sp³-hybridized carbons (Fsp3) is 0.556. The van der Waals surface area contributed by atoms with E-state index in [-0.39, 0.29) is 5.97 Å². The van der Waals surface area contributed by atoms with Crippen molar-refractivity contribution in [2.45, 2.75) is 32.6 Å². The summed E-state index contributed by atoms with van der Waals surface area (Å²) in [5, 5.41) is 0. The number of methoxy groups -OCH3 is 1. The minimum atomic E-state index is -0.174. The molecule has 0 aliphatic rings. The summed E-state index contributed by atoms with van der Waals surface area (Å²) in [6, 6.07) is 6.37. The van der Waals surface area contributed by atoms with Crippen LogP contribution in [0.25, 0.3) is 11.0 Å². The van der Waals surface area contributed by atoms with E-state index in [0.717, 1.165) is 54.9 Å². The van der Waals surface area contributed by atoms with Gasteiger partial charge in [0.1, 0.15) is 5.82 Å². The Morgan fingerprint density at radius 1 is 1.38 bits per heavy atom. The molecule has 0 unspecified atom stereocenters. The first-order valence-electron chi connectivity index (χ1n) is 8.43. The summed E-state index contributed by atoms with van der Waals surface area (Å²) in [7, 11) is 3.44. The average molecular weight is 352 g/mol. The molecular weight excluding hydrogens is 326 g/mol. The SMILES string of the molecule is CCCN(CCCl)c1ccc2c(c1)nc(CCCC(=O)OC)n2C. The number of alkyl halides is 1. The number of ether oxygens (including phenoxy) is 1. The highest BCUT2D eigenvalue weighted by atomic mass is 35.5. The molecule has 1 heterocycles. The minimum Gasteiger partial charge on any atom is -0.469 e. The van der Waals surface area contributed by atoms with E-state index in [1.165, 1.54) is 7.11 Å². The number of aryl methyl sites for hydroxylation is 2. The number of rotatable bonds is 9. The highest BCUT2D eigenvalue weighted by Crippen LogP contribution is 2.23. The second-order valence-electron chi connectivity index (χ2n) is 5.87. The van der Waals surface area contributed by atoms with Crippen LogP contribution >= 0.6 is 11.6 Å². The largest absolute Gasteiger partial charge is 0.469 e. The number of hydrogen-bond donors (Lipinski definition) is 0. The van der Waals surface area contributed by atoms with Gasteiger partial charge in [0.15, 0.2) is 0 Å².